The molecule has 6 nitrogen and oxygen atoms in total. The Balaban J connectivity index is 1.59. The first-order chi connectivity index (χ1) is 14.0. The molecule has 1 heterocycles. The Morgan fingerprint density at radius 2 is 2.07 bits per heavy atom. The number of benzene rings is 2. The Morgan fingerprint density at radius 1 is 1.31 bits per heavy atom. The number of hydrogen-bond donors (Lipinski definition) is 1. The highest BCUT2D eigenvalue weighted by Crippen LogP contribution is 2.32. The van der Waals surface area contributed by atoms with Crippen molar-refractivity contribution < 1.29 is 14.3 Å². The second-order valence-electron chi connectivity index (χ2n) is 7.32. The van der Waals surface area contributed by atoms with Crippen LogP contribution < -0.4 is 15.0 Å². The van der Waals surface area contributed by atoms with Crippen LogP contribution in [0.3, 0.4) is 0 Å². The van der Waals surface area contributed by atoms with E-state index in [0.717, 1.165) is 25.3 Å². The van der Waals surface area contributed by atoms with Crippen LogP contribution in [-0.2, 0) is 11.3 Å². The highest BCUT2D eigenvalue weighted by atomic mass is 35.5. The molecule has 1 N–H and O–H groups in total. The highest BCUT2D eigenvalue weighted by molar-refractivity contribution is 6.33. The van der Waals surface area contributed by atoms with Gasteiger partial charge in [-0.25, -0.2) is 0 Å². The molecule has 0 saturated carbocycles. The molecule has 1 amide bonds. The third kappa shape index (κ3) is 5.63. The van der Waals surface area contributed by atoms with Gasteiger partial charge in [-0.05, 0) is 11.6 Å². The van der Waals surface area contributed by atoms with Crippen molar-refractivity contribution >= 4 is 23.2 Å². The Bertz CT molecular complexity index is 830. The number of carbonyl (C=O) groups is 1. The van der Waals surface area contributed by atoms with Gasteiger partial charge in [-0.3, -0.25) is 9.69 Å². The van der Waals surface area contributed by atoms with E-state index in [9.17, 15) is 4.79 Å². The van der Waals surface area contributed by atoms with E-state index < -0.39 is 0 Å². The lowest BCUT2D eigenvalue weighted by Crippen LogP contribution is -2.47. The van der Waals surface area contributed by atoms with Crippen LogP contribution in [0.1, 0.15) is 15.9 Å². The molecule has 156 valence electrons. The number of ether oxygens (including phenoxy) is 2. The quantitative estimate of drug-likeness (QED) is 0.750. The number of nitrogens with zero attached hydrogens (tertiary/aromatic N) is 2. The smallest absolute Gasteiger partial charge is 0.255 e. The third-order valence-corrected chi connectivity index (χ3v) is 5.26. The Kier molecular flexibility index (Phi) is 7.36. The minimum atomic E-state index is -0.224. The number of halogens is 1. The largest absolute Gasteiger partial charge is 0.496 e. The molecule has 2 aromatic carbocycles. The molecular weight excluding hydrogens is 390 g/mol. The average Bonchev–Trinajstić information content (AvgIpc) is 2.72. The third-order valence-electron chi connectivity index (χ3n) is 4.96. The van der Waals surface area contributed by atoms with E-state index in [2.05, 4.69) is 22.3 Å². The van der Waals surface area contributed by atoms with Crippen LogP contribution in [0.4, 0.5) is 5.69 Å². The van der Waals surface area contributed by atoms with Crippen molar-refractivity contribution in [1.29, 1.82) is 0 Å². The van der Waals surface area contributed by atoms with Gasteiger partial charge in [-0.2, -0.15) is 0 Å². The Hall–Kier alpha value is -2.28. The van der Waals surface area contributed by atoms with Gasteiger partial charge in [0, 0.05) is 46.3 Å². The van der Waals surface area contributed by atoms with Crippen LogP contribution in [0.2, 0.25) is 5.02 Å². The first kappa shape index (κ1) is 21.4. The van der Waals surface area contributed by atoms with Gasteiger partial charge in [-0.1, -0.05) is 41.9 Å². The molecule has 0 spiro atoms. The van der Waals surface area contributed by atoms with Gasteiger partial charge in [0.15, 0.2) is 0 Å². The lowest BCUT2D eigenvalue weighted by atomic mass is 10.1. The summed E-state index contributed by atoms with van der Waals surface area (Å²) in [6, 6.07) is 13.8. The van der Waals surface area contributed by atoms with E-state index in [1.54, 1.807) is 19.2 Å². The number of carbonyl (C=O) groups excluding carboxylic acids is 1. The Morgan fingerprint density at radius 3 is 2.76 bits per heavy atom. The molecule has 0 aromatic heterocycles. The van der Waals surface area contributed by atoms with Crippen LogP contribution in [-0.4, -0.2) is 64.4 Å². The number of nitrogens with one attached hydrogen (secondary N) is 1. The summed E-state index contributed by atoms with van der Waals surface area (Å²) in [4.78, 5) is 17.0. The maximum Gasteiger partial charge on any atom is 0.255 e. The minimum absolute atomic E-state index is 0.0565. The van der Waals surface area contributed by atoms with Crippen LogP contribution in [0.25, 0.3) is 0 Å². The van der Waals surface area contributed by atoms with E-state index in [1.807, 2.05) is 37.2 Å². The maximum atomic E-state index is 12.7. The van der Waals surface area contributed by atoms with Crippen LogP contribution >= 0.6 is 11.6 Å². The van der Waals surface area contributed by atoms with E-state index >= 15 is 0 Å². The zero-order valence-corrected chi connectivity index (χ0v) is 17.9. The highest BCUT2D eigenvalue weighted by Gasteiger charge is 2.23. The fourth-order valence-electron chi connectivity index (χ4n) is 3.42. The summed E-state index contributed by atoms with van der Waals surface area (Å²) in [5.41, 5.74) is 2.49. The van der Waals surface area contributed by atoms with E-state index in [0.29, 0.717) is 29.5 Å². The maximum absolute atomic E-state index is 12.7. The number of rotatable bonds is 7. The summed E-state index contributed by atoms with van der Waals surface area (Å²) in [5, 5.41) is 3.46. The van der Waals surface area contributed by atoms with Gasteiger partial charge in [0.05, 0.1) is 36.1 Å². The molecule has 1 atom stereocenters. The SMILES string of the molecule is COc1cc(N(C)C)c(Cl)cc1C(=O)NCC1CN(Cc2ccccc2)CCO1. The van der Waals surface area contributed by atoms with Crippen molar-refractivity contribution in [3.63, 3.8) is 0 Å². The lowest BCUT2D eigenvalue weighted by Gasteiger charge is -2.33. The van der Waals surface area contributed by atoms with Gasteiger partial charge < -0.3 is 19.7 Å². The molecule has 29 heavy (non-hydrogen) atoms. The van der Waals surface area contributed by atoms with Crippen LogP contribution in [0, 0.1) is 0 Å². The van der Waals surface area contributed by atoms with Crippen molar-refractivity contribution in [2.24, 2.45) is 0 Å². The van der Waals surface area contributed by atoms with Crippen molar-refractivity contribution in [2.45, 2.75) is 12.6 Å². The minimum Gasteiger partial charge on any atom is -0.496 e. The van der Waals surface area contributed by atoms with Crippen molar-refractivity contribution in [1.82, 2.24) is 10.2 Å². The molecule has 1 fully saturated rings. The molecule has 0 radical (unpaired) electrons. The number of hydrogen-bond acceptors (Lipinski definition) is 5. The summed E-state index contributed by atoms with van der Waals surface area (Å²) >= 11 is 6.33. The second kappa shape index (κ2) is 9.96. The van der Waals surface area contributed by atoms with E-state index in [-0.39, 0.29) is 12.0 Å². The lowest BCUT2D eigenvalue weighted by molar-refractivity contribution is -0.0292. The fraction of sp³-hybridized carbons (Fsp3) is 0.409. The van der Waals surface area contributed by atoms with Gasteiger partial charge in [0.2, 0.25) is 0 Å². The molecule has 0 aliphatic carbocycles. The van der Waals surface area contributed by atoms with Crippen LogP contribution in [0.5, 0.6) is 5.75 Å². The molecule has 7 heteroatoms. The first-order valence-electron chi connectivity index (χ1n) is 9.69. The summed E-state index contributed by atoms with van der Waals surface area (Å²) < 4.78 is 11.2. The molecule has 1 aliphatic heterocycles. The standard InChI is InChI=1S/C22H28ClN3O3/c1-25(2)20-12-21(28-3)18(11-19(20)23)22(27)24-13-17-15-26(9-10-29-17)14-16-7-5-4-6-8-16/h4-8,11-12,17H,9-10,13-15H2,1-3H3,(H,24,27). The molecule has 2 aromatic rings. The van der Waals surface area contributed by atoms with Crippen LogP contribution in [0.15, 0.2) is 42.5 Å². The molecule has 1 unspecified atom stereocenters. The van der Waals surface area contributed by atoms with E-state index in [4.69, 9.17) is 21.1 Å². The molecule has 1 saturated heterocycles. The monoisotopic (exact) mass is 417 g/mol. The number of methoxy groups -OCH3 is 1. The Labute approximate surface area is 177 Å². The average molecular weight is 418 g/mol. The number of amides is 1. The zero-order chi connectivity index (χ0) is 20.8. The topological polar surface area (TPSA) is 54.0 Å². The normalized spacial score (nSPS) is 17.0. The predicted octanol–water partition coefficient (Wildman–Crippen LogP) is 3.05. The van der Waals surface area contributed by atoms with Gasteiger partial charge in [0.1, 0.15) is 5.75 Å². The molecule has 3 rings (SSSR count). The van der Waals surface area contributed by atoms with Crippen molar-refractivity contribution in [3.05, 3.63) is 58.6 Å². The molecule has 1 aliphatic rings. The summed E-state index contributed by atoms with van der Waals surface area (Å²) in [6.45, 7) is 3.62. The number of anilines is 1. The first-order valence-corrected chi connectivity index (χ1v) is 10.1. The van der Waals surface area contributed by atoms with Gasteiger partial charge >= 0.3 is 0 Å². The summed E-state index contributed by atoms with van der Waals surface area (Å²) in [6.07, 6.45) is -0.0565. The number of morpholine rings is 1. The van der Waals surface area contributed by atoms with Crippen molar-refractivity contribution in [2.75, 3.05) is 52.3 Å². The van der Waals surface area contributed by atoms with Gasteiger partial charge in [-0.15, -0.1) is 0 Å². The summed E-state index contributed by atoms with van der Waals surface area (Å²) in [5.74, 6) is 0.267. The second-order valence-corrected chi connectivity index (χ2v) is 7.73. The fourth-order valence-corrected chi connectivity index (χ4v) is 3.76. The van der Waals surface area contributed by atoms with Gasteiger partial charge in [0.25, 0.3) is 5.91 Å². The van der Waals surface area contributed by atoms with E-state index in [1.165, 1.54) is 5.56 Å². The molecule has 0 bridgehead atoms. The molecular formula is C22H28ClN3O3. The zero-order valence-electron chi connectivity index (χ0n) is 17.2. The predicted molar refractivity (Wildman–Crippen MR) is 116 cm³/mol. The van der Waals surface area contributed by atoms with Crippen molar-refractivity contribution in [3.8, 4) is 5.75 Å². The summed E-state index contributed by atoms with van der Waals surface area (Å²) in [7, 11) is 5.33.